The maximum absolute atomic E-state index is 11.2. The van der Waals surface area contributed by atoms with Gasteiger partial charge in [-0.05, 0) is 0 Å². The van der Waals surface area contributed by atoms with Crippen molar-refractivity contribution >= 4 is 11.9 Å². The van der Waals surface area contributed by atoms with Crippen molar-refractivity contribution < 1.29 is 14.7 Å². The van der Waals surface area contributed by atoms with Crippen LogP contribution in [0.15, 0.2) is 0 Å². The molecule has 70 valence electrons. The van der Waals surface area contributed by atoms with E-state index in [-0.39, 0.29) is 24.2 Å². The molecule has 0 fully saturated rings. The first-order valence-corrected chi connectivity index (χ1v) is 3.84. The zero-order valence-electron chi connectivity index (χ0n) is 7.68. The average Bonchev–Trinajstić information content (AvgIpc) is 1.84. The van der Waals surface area contributed by atoms with E-state index in [1.807, 2.05) is 20.8 Å². The van der Waals surface area contributed by atoms with E-state index in [4.69, 9.17) is 5.11 Å². The second kappa shape index (κ2) is 4.09. The Morgan fingerprint density at radius 3 is 2.17 bits per heavy atom. The third-order valence-corrected chi connectivity index (χ3v) is 1.46. The van der Waals surface area contributed by atoms with E-state index in [9.17, 15) is 9.59 Å². The molecule has 4 heteroatoms. The maximum atomic E-state index is 11.2. The highest BCUT2D eigenvalue weighted by Gasteiger charge is 2.20. The van der Waals surface area contributed by atoms with Gasteiger partial charge in [-0.15, -0.1) is 0 Å². The number of carbonyl (C=O) groups is 2. The van der Waals surface area contributed by atoms with Crippen LogP contribution < -0.4 is 5.32 Å². The molecule has 0 bridgehead atoms. The highest BCUT2D eigenvalue weighted by atomic mass is 16.4. The SMILES string of the molecule is CC(C)(C)C(=O)CCNC(=O)O. The smallest absolute Gasteiger partial charge is 0.404 e. The van der Waals surface area contributed by atoms with E-state index < -0.39 is 6.09 Å². The van der Waals surface area contributed by atoms with Gasteiger partial charge in [0.1, 0.15) is 5.78 Å². The number of nitrogens with one attached hydrogen (secondary N) is 1. The summed E-state index contributed by atoms with van der Waals surface area (Å²) in [4.78, 5) is 21.2. The van der Waals surface area contributed by atoms with E-state index in [1.54, 1.807) is 0 Å². The van der Waals surface area contributed by atoms with Crippen molar-refractivity contribution in [3.8, 4) is 0 Å². The van der Waals surface area contributed by atoms with Crippen LogP contribution in [0.25, 0.3) is 0 Å². The first-order valence-electron chi connectivity index (χ1n) is 3.84. The Morgan fingerprint density at radius 2 is 1.83 bits per heavy atom. The topological polar surface area (TPSA) is 66.4 Å². The highest BCUT2D eigenvalue weighted by molar-refractivity contribution is 5.84. The van der Waals surface area contributed by atoms with Crippen molar-refractivity contribution in [3.63, 3.8) is 0 Å². The molecule has 0 aliphatic rings. The minimum absolute atomic E-state index is 0.0660. The molecule has 1 amide bonds. The molecule has 0 atom stereocenters. The first kappa shape index (κ1) is 10.9. The van der Waals surface area contributed by atoms with Crippen molar-refractivity contribution in [1.82, 2.24) is 5.32 Å². The second-order valence-corrected chi connectivity index (χ2v) is 3.66. The maximum Gasteiger partial charge on any atom is 0.404 e. The van der Waals surface area contributed by atoms with Gasteiger partial charge in [0.05, 0.1) is 0 Å². The lowest BCUT2D eigenvalue weighted by Gasteiger charge is -2.15. The number of Topliss-reactive ketones (excluding diaryl/α,β-unsaturated/α-hetero) is 1. The molecule has 0 saturated heterocycles. The highest BCUT2D eigenvalue weighted by Crippen LogP contribution is 2.15. The Hall–Kier alpha value is -1.06. The molecular weight excluding hydrogens is 158 g/mol. The Bertz CT molecular complexity index is 181. The van der Waals surface area contributed by atoms with Crippen LogP contribution in [0.5, 0.6) is 0 Å². The average molecular weight is 173 g/mol. The number of amides is 1. The van der Waals surface area contributed by atoms with Crippen molar-refractivity contribution in [2.45, 2.75) is 27.2 Å². The van der Waals surface area contributed by atoms with Crippen LogP contribution in [0.2, 0.25) is 0 Å². The molecule has 0 heterocycles. The summed E-state index contributed by atoms with van der Waals surface area (Å²) in [6.07, 6.45) is -0.827. The number of rotatable bonds is 3. The molecule has 0 aliphatic heterocycles. The summed E-state index contributed by atoms with van der Waals surface area (Å²) in [5.74, 6) is 0.0660. The molecular formula is C8H15NO3. The van der Waals surface area contributed by atoms with Gasteiger partial charge in [-0.2, -0.15) is 0 Å². The lowest BCUT2D eigenvalue weighted by Crippen LogP contribution is -2.28. The van der Waals surface area contributed by atoms with Crippen LogP contribution in [0.1, 0.15) is 27.2 Å². The first-order chi connectivity index (χ1) is 5.34. The zero-order chi connectivity index (χ0) is 9.78. The Kier molecular flexibility index (Phi) is 3.73. The summed E-state index contributed by atoms with van der Waals surface area (Å²) in [5.41, 5.74) is -0.375. The van der Waals surface area contributed by atoms with Gasteiger partial charge < -0.3 is 10.4 Å². The minimum Gasteiger partial charge on any atom is -0.465 e. The molecule has 0 saturated carbocycles. The summed E-state index contributed by atoms with van der Waals surface area (Å²) in [6.45, 7) is 5.65. The molecule has 2 N–H and O–H groups in total. The standard InChI is InChI=1S/C8H15NO3/c1-8(2,3)6(10)4-5-9-7(11)12/h9H,4-5H2,1-3H3,(H,11,12). The monoisotopic (exact) mass is 173 g/mol. The predicted molar refractivity (Wildman–Crippen MR) is 45.1 cm³/mol. The molecule has 0 aromatic heterocycles. The molecule has 0 aromatic rings. The molecule has 0 aliphatic carbocycles. The number of carboxylic acid groups (broad SMARTS) is 1. The van der Waals surface area contributed by atoms with Crippen LogP contribution in [0.3, 0.4) is 0 Å². The summed E-state index contributed by atoms with van der Waals surface area (Å²) in [5, 5.41) is 10.4. The lowest BCUT2D eigenvalue weighted by molar-refractivity contribution is -0.126. The van der Waals surface area contributed by atoms with Crippen LogP contribution in [0.4, 0.5) is 4.79 Å². The van der Waals surface area contributed by atoms with E-state index in [1.165, 1.54) is 0 Å². The number of ketones is 1. The molecule has 0 unspecified atom stereocenters. The van der Waals surface area contributed by atoms with Gasteiger partial charge in [0.25, 0.3) is 0 Å². The van der Waals surface area contributed by atoms with Crippen LogP contribution in [-0.4, -0.2) is 23.5 Å². The largest absolute Gasteiger partial charge is 0.465 e. The fourth-order valence-corrected chi connectivity index (χ4v) is 0.658. The van der Waals surface area contributed by atoms with Crippen molar-refractivity contribution in [3.05, 3.63) is 0 Å². The lowest BCUT2D eigenvalue weighted by atomic mass is 9.89. The van der Waals surface area contributed by atoms with Gasteiger partial charge in [-0.25, -0.2) is 4.79 Å². The zero-order valence-corrected chi connectivity index (χ0v) is 7.68. The summed E-state index contributed by atoms with van der Waals surface area (Å²) >= 11 is 0. The summed E-state index contributed by atoms with van der Waals surface area (Å²) in [6, 6.07) is 0. The van der Waals surface area contributed by atoms with Gasteiger partial charge in [0.15, 0.2) is 0 Å². The summed E-state index contributed by atoms with van der Waals surface area (Å²) < 4.78 is 0. The molecule has 0 aromatic carbocycles. The van der Waals surface area contributed by atoms with E-state index in [2.05, 4.69) is 5.32 Å². The van der Waals surface area contributed by atoms with Crippen molar-refractivity contribution in [2.75, 3.05) is 6.54 Å². The number of carbonyl (C=O) groups excluding carboxylic acids is 1. The Morgan fingerprint density at radius 1 is 1.33 bits per heavy atom. The molecule has 0 radical (unpaired) electrons. The third kappa shape index (κ3) is 4.71. The van der Waals surface area contributed by atoms with Gasteiger partial charge in [0, 0.05) is 18.4 Å². The van der Waals surface area contributed by atoms with Gasteiger partial charge >= 0.3 is 6.09 Å². The molecule has 4 nitrogen and oxygen atoms in total. The van der Waals surface area contributed by atoms with Crippen LogP contribution in [-0.2, 0) is 4.79 Å². The fraction of sp³-hybridized carbons (Fsp3) is 0.750. The quantitative estimate of drug-likeness (QED) is 0.675. The second-order valence-electron chi connectivity index (χ2n) is 3.66. The van der Waals surface area contributed by atoms with Gasteiger partial charge in [0.2, 0.25) is 0 Å². The Labute approximate surface area is 72.0 Å². The van der Waals surface area contributed by atoms with Crippen LogP contribution >= 0.6 is 0 Å². The van der Waals surface area contributed by atoms with Crippen LogP contribution in [0, 0.1) is 5.41 Å². The predicted octanol–water partition coefficient (Wildman–Crippen LogP) is 1.26. The number of hydrogen-bond donors (Lipinski definition) is 2. The van der Waals surface area contributed by atoms with Crippen molar-refractivity contribution in [2.24, 2.45) is 5.41 Å². The van der Waals surface area contributed by atoms with E-state index in [0.29, 0.717) is 0 Å². The minimum atomic E-state index is -1.09. The molecule has 0 rings (SSSR count). The van der Waals surface area contributed by atoms with E-state index >= 15 is 0 Å². The van der Waals surface area contributed by atoms with Gasteiger partial charge in [-0.1, -0.05) is 20.8 Å². The summed E-state index contributed by atoms with van der Waals surface area (Å²) in [7, 11) is 0. The molecule has 12 heavy (non-hydrogen) atoms. The van der Waals surface area contributed by atoms with Gasteiger partial charge in [-0.3, -0.25) is 4.79 Å². The third-order valence-electron chi connectivity index (χ3n) is 1.46. The van der Waals surface area contributed by atoms with E-state index in [0.717, 1.165) is 0 Å². The normalized spacial score (nSPS) is 10.9. The fourth-order valence-electron chi connectivity index (χ4n) is 0.658. The number of hydrogen-bond acceptors (Lipinski definition) is 2. The molecule has 0 spiro atoms. The Balaban J connectivity index is 3.66. The van der Waals surface area contributed by atoms with Crippen molar-refractivity contribution in [1.29, 1.82) is 0 Å².